The van der Waals surface area contributed by atoms with Gasteiger partial charge in [0.1, 0.15) is 0 Å². The smallest absolute Gasteiger partial charge is 0.303 e. The van der Waals surface area contributed by atoms with Crippen LogP contribution in [-0.2, 0) is 24.2 Å². The number of carboxylic acids is 1. The largest absolute Gasteiger partial charge is 0.481 e. The second-order valence-corrected chi connectivity index (χ2v) is 4.85. The number of rotatable bonds is 6. The number of pyridine rings is 1. The van der Waals surface area contributed by atoms with Crippen LogP contribution < -0.4 is 5.56 Å². The molecule has 0 atom stereocenters. The molecule has 1 aromatic rings. The number of nitrogens with zero attached hydrogens (tertiary/aromatic N) is 1. The molecule has 4 nitrogen and oxygen atoms in total. The summed E-state index contributed by atoms with van der Waals surface area (Å²) in [6.07, 6.45) is 5.87. The van der Waals surface area contributed by atoms with Crippen molar-refractivity contribution in [2.45, 2.75) is 51.5 Å². The van der Waals surface area contributed by atoms with E-state index in [4.69, 9.17) is 5.11 Å². The SMILES string of the molecule is O=C(O)CCCCCn1c2c(ccc1=O)CCC2. The average Bonchev–Trinajstić information content (AvgIpc) is 2.79. The maximum absolute atomic E-state index is 11.8. The Labute approximate surface area is 106 Å². The molecule has 4 heteroatoms. The van der Waals surface area contributed by atoms with Gasteiger partial charge < -0.3 is 9.67 Å². The van der Waals surface area contributed by atoms with E-state index in [1.54, 1.807) is 6.07 Å². The highest BCUT2D eigenvalue weighted by atomic mass is 16.4. The molecule has 0 fully saturated rings. The van der Waals surface area contributed by atoms with Crippen molar-refractivity contribution >= 4 is 5.97 Å². The van der Waals surface area contributed by atoms with E-state index >= 15 is 0 Å². The molecule has 0 saturated heterocycles. The van der Waals surface area contributed by atoms with Gasteiger partial charge in [-0.1, -0.05) is 12.5 Å². The molecule has 0 unspecified atom stereocenters. The Kier molecular flexibility index (Phi) is 4.18. The summed E-state index contributed by atoms with van der Waals surface area (Å²) in [7, 11) is 0. The van der Waals surface area contributed by atoms with Crippen molar-refractivity contribution in [3.63, 3.8) is 0 Å². The van der Waals surface area contributed by atoms with Gasteiger partial charge in [0.15, 0.2) is 0 Å². The monoisotopic (exact) mass is 249 g/mol. The Balaban J connectivity index is 1.92. The third-order valence-corrected chi connectivity index (χ3v) is 3.52. The maximum Gasteiger partial charge on any atom is 0.303 e. The zero-order chi connectivity index (χ0) is 13.0. The van der Waals surface area contributed by atoms with Gasteiger partial charge in [0.2, 0.25) is 0 Å². The van der Waals surface area contributed by atoms with Gasteiger partial charge in [-0.05, 0) is 37.7 Å². The quantitative estimate of drug-likeness (QED) is 0.784. The fraction of sp³-hybridized carbons (Fsp3) is 0.571. The molecule has 1 aliphatic rings. The van der Waals surface area contributed by atoms with Gasteiger partial charge in [0, 0.05) is 24.7 Å². The zero-order valence-corrected chi connectivity index (χ0v) is 10.5. The molecule has 0 saturated carbocycles. The van der Waals surface area contributed by atoms with Crippen LogP contribution in [0.3, 0.4) is 0 Å². The molecule has 1 heterocycles. The number of aromatic nitrogens is 1. The molecule has 1 aliphatic carbocycles. The van der Waals surface area contributed by atoms with Gasteiger partial charge in [-0.15, -0.1) is 0 Å². The normalized spacial score (nSPS) is 13.6. The molecule has 0 aliphatic heterocycles. The first kappa shape index (κ1) is 12.9. The lowest BCUT2D eigenvalue weighted by atomic mass is 10.1. The molecule has 18 heavy (non-hydrogen) atoms. The topological polar surface area (TPSA) is 59.3 Å². The van der Waals surface area contributed by atoms with Gasteiger partial charge in [-0.3, -0.25) is 9.59 Å². The summed E-state index contributed by atoms with van der Waals surface area (Å²) in [6, 6.07) is 3.60. The first-order chi connectivity index (χ1) is 8.68. The van der Waals surface area contributed by atoms with E-state index in [0.29, 0.717) is 6.42 Å². The Morgan fingerprint density at radius 2 is 2.06 bits per heavy atom. The standard InChI is InChI=1S/C14H19NO3/c16-13-9-8-11-5-4-6-12(11)15(13)10-3-1-2-7-14(17)18/h8-9H,1-7,10H2,(H,17,18). The van der Waals surface area contributed by atoms with Crippen LogP contribution in [0.1, 0.15) is 43.4 Å². The van der Waals surface area contributed by atoms with E-state index < -0.39 is 5.97 Å². The maximum atomic E-state index is 11.8. The lowest BCUT2D eigenvalue weighted by Crippen LogP contribution is -2.22. The summed E-state index contributed by atoms with van der Waals surface area (Å²) < 4.78 is 1.88. The van der Waals surface area contributed by atoms with Crippen LogP contribution in [0.25, 0.3) is 0 Å². The lowest BCUT2D eigenvalue weighted by molar-refractivity contribution is -0.137. The van der Waals surface area contributed by atoms with Crippen LogP contribution in [0.15, 0.2) is 16.9 Å². The van der Waals surface area contributed by atoms with Crippen LogP contribution in [0.2, 0.25) is 0 Å². The Hall–Kier alpha value is -1.58. The average molecular weight is 249 g/mol. The summed E-state index contributed by atoms with van der Waals surface area (Å²) in [4.78, 5) is 22.2. The minimum absolute atomic E-state index is 0.0777. The van der Waals surface area contributed by atoms with E-state index in [1.165, 1.54) is 11.3 Å². The second kappa shape index (κ2) is 5.85. The summed E-state index contributed by atoms with van der Waals surface area (Å²) >= 11 is 0. The van der Waals surface area contributed by atoms with Crippen LogP contribution >= 0.6 is 0 Å². The summed E-state index contributed by atoms with van der Waals surface area (Å²) in [5, 5.41) is 8.55. The summed E-state index contributed by atoms with van der Waals surface area (Å²) in [5.41, 5.74) is 2.58. The molecule has 0 amide bonds. The molecule has 2 rings (SSSR count). The van der Waals surface area contributed by atoms with Crippen molar-refractivity contribution in [3.05, 3.63) is 33.7 Å². The predicted octanol–water partition coefficient (Wildman–Crippen LogP) is 1.98. The number of aliphatic carboxylic acids is 1. The van der Waals surface area contributed by atoms with Crippen LogP contribution in [0.4, 0.5) is 0 Å². The van der Waals surface area contributed by atoms with E-state index in [1.807, 2.05) is 10.6 Å². The first-order valence-corrected chi connectivity index (χ1v) is 6.62. The van der Waals surface area contributed by atoms with Gasteiger partial charge in [0.05, 0.1) is 0 Å². The number of carbonyl (C=O) groups is 1. The van der Waals surface area contributed by atoms with E-state index in [-0.39, 0.29) is 12.0 Å². The van der Waals surface area contributed by atoms with Gasteiger partial charge in [0.25, 0.3) is 5.56 Å². The number of fused-ring (bicyclic) bond motifs is 1. The number of carboxylic acid groups (broad SMARTS) is 1. The fourth-order valence-corrected chi connectivity index (χ4v) is 2.60. The summed E-state index contributed by atoms with van der Waals surface area (Å²) in [5.74, 6) is -0.743. The van der Waals surface area contributed by atoms with E-state index in [0.717, 1.165) is 38.6 Å². The molecule has 98 valence electrons. The molecule has 1 aromatic heterocycles. The lowest BCUT2D eigenvalue weighted by Gasteiger charge is -2.11. The van der Waals surface area contributed by atoms with Crippen LogP contribution in [0, 0.1) is 0 Å². The molecule has 1 N–H and O–H groups in total. The number of aryl methyl sites for hydroxylation is 1. The molecule has 0 aromatic carbocycles. The molecule has 0 spiro atoms. The van der Waals surface area contributed by atoms with Crippen molar-refractivity contribution in [3.8, 4) is 0 Å². The highest BCUT2D eigenvalue weighted by Crippen LogP contribution is 2.20. The third-order valence-electron chi connectivity index (χ3n) is 3.52. The third kappa shape index (κ3) is 3.00. The summed E-state index contributed by atoms with van der Waals surface area (Å²) in [6.45, 7) is 0.724. The van der Waals surface area contributed by atoms with Gasteiger partial charge >= 0.3 is 5.97 Å². The molecular formula is C14H19NO3. The Morgan fingerprint density at radius 1 is 1.22 bits per heavy atom. The minimum Gasteiger partial charge on any atom is -0.481 e. The van der Waals surface area contributed by atoms with E-state index in [9.17, 15) is 9.59 Å². The molecular weight excluding hydrogens is 230 g/mol. The van der Waals surface area contributed by atoms with Crippen LogP contribution in [-0.4, -0.2) is 15.6 Å². The van der Waals surface area contributed by atoms with Gasteiger partial charge in [-0.2, -0.15) is 0 Å². The molecule has 0 radical (unpaired) electrons. The molecule has 0 bridgehead atoms. The number of hydrogen-bond acceptors (Lipinski definition) is 2. The minimum atomic E-state index is -0.743. The Morgan fingerprint density at radius 3 is 2.83 bits per heavy atom. The van der Waals surface area contributed by atoms with Crippen molar-refractivity contribution in [2.75, 3.05) is 0 Å². The van der Waals surface area contributed by atoms with Crippen molar-refractivity contribution in [1.29, 1.82) is 0 Å². The van der Waals surface area contributed by atoms with Crippen molar-refractivity contribution in [2.24, 2.45) is 0 Å². The van der Waals surface area contributed by atoms with Crippen LogP contribution in [0.5, 0.6) is 0 Å². The zero-order valence-electron chi connectivity index (χ0n) is 10.5. The second-order valence-electron chi connectivity index (χ2n) is 4.85. The number of unbranched alkanes of at least 4 members (excludes halogenated alkanes) is 2. The highest BCUT2D eigenvalue weighted by Gasteiger charge is 2.15. The van der Waals surface area contributed by atoms with Gasteiger partial charge in [-0.25, -0.2) is 0 Å². The highest BCUT2D eigenvalue weighted by molar-refractivity contribution is 5.66. The van der Waals surface area contributed by atoms with Crippen molar-refractivity contribution < 1.29 is 9.90 Å². The predicted molar refractivity (Wildman–Crippen MR) is 68.8 cm³/mol. The number of hydrogen-bond donors (Lipinski definition) is 1. The Bertz CT molecular complexity index is 490. The van der Waals surface area contributed by atoms with E-state index in [2.05, 4.69) is 0 Å². The van der Waals surface area contributed by atoms with Crippen molar-refractivity contribution in [1.82, 2.24) is 4.57 Å². The fourth-order valence-electron chi connectivity index (χ4n) is 2.60. The first-order valence-electron chi connectivity index (χ1n) is 6.62.